The molecule has 0 aromatic heterocycles. The van der Waals surface area contributed by atoms with Crippen molar-refractivity contribution in [3.05, 3.63) is 23.8 Å². The van der Waals surface area contributed by atoms with Crippen LogP contribution in [0.2, 0.25) is 0 Å². The van der Waals surface area contributed by atoms with Crippen molar-refractivity contribution in [1.29, 1.82) is 5.26 Å². The van der Waals surface area contributed by atoms with Gasteiger partial charge in [-0.1, -0.05) is 6.07 Å². The Morgan fingerprint density at radius 2 is 2.28 bits per heavy atom. The van der Waals surface area contributed by atoms with E-state index in [0.717, 1.165) is 0 Å². The molecule has 0 aliphatic carbocycles. The van der Waals surface area contributed by atoms with Crippen LogP contribution in [0.4, 0.5) is 5.69 Å². The van der Waals surface area contributed by atoms with Gasteiger partial charge in [-0.25, -0.2) is 0 Å². The monoisotopic (exact) mass is 248 g/mol. The van der Waals surface area contributed by atoms with E-state index >= 15 is 0 Å². The summed E-state index contributed by atoms with van der Waals surface area (Å²) in [4.78, 5) is 11.2. The van der Waals surface area contributed by atoms with Crippen LogP contribution < -0.4 is 10.1 Å². The van der Waals surface area contributed by atoms with E-state index in [9.17, 15) is 4.79 Å². The molecule has 1 aromatic rings. The Balaban J connectivity index is 2.66. The van der Waals surface area contributed by atoms with Gasteiger partial charge >= 0.3 is 5.97 Å². The Labute approximate surface area is 106 Å². The SMILES string of the molecule is CCOC(=O)CCNc1c(C#N)cccc1OC. The number of rotatable bonds is 6. The molecule has 5 nitrogen and oxygen atoms in total. The van der Waals surface area contributed by atoms with Crippen molar-refractivity contribution in [1.82, 2.24) is 0 Å². The van der Waals surface area contributed by atoms with Crippen LogP contribution in [-0.2, 0) is 9.53 Å². The quantitative estimate of drug-likeness (QED) is 0.779. The summed E-state index contributed by atoms with van der Waals surface area (Å²) in [6, 6.07) is 7.27. The molecule has 0 heterocycles. The largest absolute Gasteiger partial charge is 0.495 e. The average molecular weight is 248 g/mol. The highest BCUT2D eigenvalue weighted by Gasteiger charge is 2.09. The summed E-state index contributed by atoms with van der Waals surface area (Å²) >= 11 is 0. The highest BCUT2D eigenvalue weighted by molar-refractivity contribution is 5.71. The fourth-order valence-electron chi connectivity index (χ4n) is 1.50. The maximum atomic E-state index is 11.2. The van der Waals surface area contributed by atoms with Crippen LogP contribution in [-0.4, -0.2) is 26.2 Å². The van der Waals surface area contributed by atoms with Gasteiger partial charge in [-0.3, -0.25) is 4.79 Å². The molecular formula is C13H16N2O3. The molecule has 1 N–H and O–H groups in total. The lowest BCUT2D eigenvalue weighted by atomic mass is 10.1. The van der Waals surface area contributed by atoms with Crippen LogP contribution in [0.15, 0.2) is 18.2 Å². The minimum absolute atomic E-state index is 0.247. The Kier molecular flexibility index (Phi) is 5.52. The third-order valence-corrected chi connectivity index (χ3v) is 2.30. The predicted octanol–water partition coefficient (Wildman–Crippen LogP) is 1.93. The summed E-state index contributed by atoms with van der Waals surface area (Å²) in [6.45, 7) is 2.53. The molecule has 0 amide bonds. The second-order valence-corrected chi connectivity index (χ2v) is 3.48. The normalized spacial score (nSPS) is 9.39. The molecule has 1 aromatic carbocycles. The van der Waals surface area contributed by atoms with Crippen molar-refractivity contribution in [2.24, 2.45) is 0 Å². The lowest BCUT2D eigenvalue weighted by Crippen LogP contribution is -2.12. The molecular weight excluding hydrogens is 232 g/mol. The summed E-state index contributed by atoms with van der Waals surface area (Å²) in [5.74, 6) is 0.316. The van der Waals surface area contributed by atoms with E-state index in [0.29, 0.717) is 30.2 Å². The number of esters is 1. The second-order valence-electron chi connectivity index (χ2n) is 3.48. The zero-order chi connectivity index (χ0) is 13.4. The first-order valence-corrected chi connectivity index (χ1v) is 5.69. The molecule has 0 spiro atoms. The third-order valence-electron chi connectivity index (χ3n) is 2.30. The summed E-state index contributed by atoms with van der Waals surface area (Å²) in [5.41, 5.74) is 1.09. The van der Waals surface area contributed by atoms with E-state index < -0.39 is 0 Å². The number of para-hydroxylation sites is 1. The Hall–Kier alpha value is -2.22. The highest BCUT2D eigenvalue weighted by atomic mass is 16.5. The van der Waals surface area contributed by atoms with Gasteiger partial charge in [0.2, 0.25) is 0 Å². The molecule has 0 fully saturated rings. The van der Waals surface area contributed by atoms with Crippen molar-refractivity contribution < 1.29 is 14.3 Å². The molecule has 0 aliphatic rings. The topological polar surface area (TPSA) is 71.3 Å². The Bertz CT molecular complexity index is 452. The first-order chi connectivity index (χ1) is 8.72. The van der Waals surface area contributed by atoms with Crippen LogP contribution in [0, 0.1) is 11.3 Å². The summed E-state index contributed by atoms with van der Waals surface area (Å²) < 4.78 is 9.98. The molecule has 0 radical (unpaired) electrons. The molecule has 0 bridgehead atoms. The van der Waals surface area contributed by atoms with Gasteiger partial charge in [0, 0.05) is 6.54 Å². The van der Waals surface area contributed by atoms with Crippen molar-refractivity contribution in [3.63, 3.8) is 0 Å². The molecule has 0 atom stereocenters. The number of anilines is 1. The van der Waals surface area contributed by atoms with Gasteiger partial charge in [0.25, 0.3) is 0 Å². The van der Waals surface area contributed by atoms with E-state index in [1.807, 2.05) is 0 Å². The zero-order valence-electron chi connectivity index (χ0n) is 10.5. The van der Waals surface area contributed by atoms with E-state index in [4.69, 9.17) is 14.7 Å². The lowest BCUT2D eigenvalue weighted by molar-refractivity contribution is -0.142. The fourth-order valence-corrected chi connectivity index (χ4v) is 1.50. The highest BCUT2D eigenvalue weighted by Crippen LogP contribution is 2.27. The lowest BCUT2D eigenvalue weighted by Gasteiger charge is -2.12. The fraction of sp³-hybridized carbons (Fsp3) is 0.385. The molecule has 0 unspecified atom stereocenters. The van der Waals surface area contributed by atoms with Crippen molar-refractivity contribution in [2.75, 3.05) is 25.6 Å². The van der Waals surface area contributed by atoms with Crippen LogP contribution in [0.25, 0.3) is 0 Å². The molecule has 1 rings (SSSR count). The van der Waals surface area contributed by atoms with Crippen molar-refractivity contribution in [2.45, 2.75) is 13.3 Å². The number of carbonyl (C=O) groups is 1. The first kappa shape index (κ1) is 13.8. The Morgan fingerprint density at radius 3 is 2.89 bits per heavy atom. The number of hydrogen-bond acceptors (Lipinski definition) is 5. The van der Waals surface area contributed by atoms with Crippen LogP contribution in [0.3, 0.4) is 0 Å². The molecule has 0 saturated carbocycles. The van der Waals surface area contributed by atoms with Gasteiger partial charge in [0.1, 0.15) is 11.8 Å². The number of benzene rings is 1. The summed E-state index contributed by atoms with van der Waals surface area (Å²) in [5, 5.41) is 12.0. The summed E-state index contributed by atoms with van der Waals surface area (Å²) in [7, 11) is 1.53. The average Bonchev–Trinajstić information content (AvgIpc) is 2.39. The molecule has 96 valence electrons. The van der Waals surface area contributed by atoms with Crippen molar-refractivity contribution in [3.8, 4) is 11.8 Å². The van der Waals surface area contributed by atoms with Gasteiger partial charge in [0.15, 0.2) is 0 Å². The maximum Gasteiger partial charge on any atom is 0.307 e. The van der Waals surface area contributed by atoms with Crippen LogP contribution >= 0.6 is 0 Å². The smallest absolute Gasteiger partial charge is 0.307 e. The maximum absolute atomic E-state index is 11.2. The first-order valence-electron chi connectivity index (χ1n) is 5.69. The van der Waals surface area contributed by atoms with E-state index in [1.165, 1.54) is 7.11 Å². The number of nitrogens with one attached hydrogen (secondary N) is 1. The van der Waals surface area contributed by atoms with Gasteiger partial charge in [-0.15, -0.1) is 0 Å². The Morgan fingerprint density at radius 1 is 1.50 bits per heavy atom. The standard InChI is InChI=1S/C13H16N2O3/c1-3-18-12(16)7-8-15-13-10(9-14)5-4-6-11(13)17-2/h4-6,15H,3,7-8H2,1-2H3. The molecule has 0 saturated heterocycles. The van der Waals surface area contributed by atoms with Gasteiger partial charge < -0.3 is 14.8 Å². The second kappa shape index (κ2) is 7.17. The van der Waals surface area contributed by atoms with Crippen LogP contribution in [0.1, 0.15) is 18.9 Å². The molecule has 0 aliphatic heterocycles. The number of hydrogen-bond donors (Lipinski definition) is 1. The number of nitrogens with zero attached hydrogens (tertiary/aromatic N) is 1. The van der Waals surface area contributed by atoms with Gasteiger partial charge in [-0.05, 0) is 19.1 Å². The predicted molar refractivity (Wildman–Crippen MR) is 67.4 cm³/mol. The van der Waals surface area contributed by atoms with Gasteiger partial charge in [0.05, 0.1) is 31.4 Å². The number of methoxy groups -OCH3 is 1. The third kappa shape index (κ3) is 3.67. The van der Waals surface area contributed by atoms with Gasteiger partial charge in [-0.2, -0.15) is 5.26 Å². The minimum atomic E-state index is -0.265. The molecule has 5 heteroatoms. The zero-order valence-corrected chi connectivity index (χ0v) is 10.5. The van der Waals surface area contributed by atoms with Crippen LogP contribution in [0.5, 0.6) is 5.75 Å². The number of carbonyl (C=O) groups excluding carboxylic acids is 1. The molecule has 18 heavy (non-hydrogen) atoms. The summed E-state index contributed by atoms with van der Waals surface area (Å²) in [6.07, 6.45) is 0.247. The number of nitriles is 1. The van der Waals surface area contributed by atoms with Crippen molar-refractivity contribution >= 4 is 11.7 Å². The van der Waals surface area contributed by atoms with E-state index in [2.05, 4.69) is 11.4 Å². The van der Waals surface area contributed by atoms with E-state index in [1.54, 1.807) is 25.1 Å². The number of ether oxygens (including phenoxy) is 2. The minimum Gasteiger partial charge on any atom is -0.495 e. The van der Waals surface area contributed by atoms with E-state index in [-0.39, 0.29) is 12.4 Å².